The Labute approximate surface area is 120 Å². The van der Waals surface area contributed by atoms with Gasteiger partial charge < -0.3 is 10.6 Å². The highest BCUT2D eigenvalue weighted by Crippen LogP contribution is 2.33. The molecule has 1 aliphatic heterocycles. The molecule has 1 amide bonds. The summed E-state index contributed by atoms with van der Waals surface area (Å²) in [5.74, 6) is -0.983. The number of nitrogens with zero attached hydrogens (tertiary/aromatic N) is 1. The van der Waals surface area contributed by atoms with Crippen LogP contribution >= 0.6 is 11.6 Å². The van der Waals surface area contributed by atoms with Crippen molar-refractivity contribution in [2.45, 2.75) is 6.42 Å². The highest BCUT2D eigenvalue weighted by atomic mass is 35.5. The number of carbonyl (C=O) groups excluding carboxylic acids is 1. The van der Waals surface area contributed by atoms with Crippen molar-refractivity contribution < 1.29 is 9.18 Å². The molecule has 1 heterocycles. The molecule has 3 nitrogen and oxygen atoms in total. The third kappa shape index (κ3) is 2.02. The fourth-order valence-corrected chi connectivity index (χ4v) is 2.64. The minimum Gasteiger partial charge on any atom is -0.398 e. The van der Waals surface area contributed by atoms with E-state index in [0.29, 0.717) is 18.7 Å². The smallest absolute Gasteiger partial charge is 0.261 e. The third-order valence-electron chi connectivity index (χ3n) is 3.47. The number of anilines is 2. The summed E-state index contributed by atoms with van der Waals surface area (Å²) in [5, 5.41) is 0.269. The highest BCUT2D eigenvalue weighted by molar-refractivity contribution is 6.30. The molecule has 20 heavy (non-hydrogen) atoms. The van der Waals surface area contributed by atoms with Crippen LogP contribution in [0.3, 0.4) is 0 Å². The van der Waals surface area contributed by atoms with Crippen LogP contribution in [-0.4, -0.2) is 12.5 Å². The molecule has 102 valence electrons. The number of nitrogens with two attached hydrogens (primary N) is 1. The Kier molecular flexibility index (Phi) is 3.10. The van der Waals surface area contributed by atoms with Gasteiger partial charge in [0.1, 0.15) is 5.82 Å². The van der Waals surface area contributed by atoms with E-state index in [1.54, 1.807) is 17.0 Å². The molecular weight excluding hydrogens is 279 g/mol. The summed E-state index contributed by atoms with van der Waals surface area (Å²) >= 11 is 5.70. The monoisotopic (exact) mass is 290 g/mol. The van der Waals surface area contributed by atoms with Crippen molar-refractivity contribution in [1.82, 2.24) is 0 Å². The summed E-state index contributed by atoms with van der Waals surface area (Å²) < 4.78 is 13.9. The Balaban J connectivity index is 2.00. The van der Waals surface area contributed by atoms with E-state index in [1.165, 1.54) is 12.1 Å². The van der Waals surface area contributed by atoms with Crippen LogP contribution in [0.1, 0.15) is 15.9 Å². The predicted molar refractivity (Wildman–Crippen MR) is 77.6 cm³/mol. The number of fused-ring (bicyclic) bond motifs is 1. The van der Waals surface area contributed by atoms with Gasteiger partial charge in [-0.25, -0.2) is 4.39 Å². The first-order chi connectivity index (χ1) is 9.58. The molecule has 2 N–H and O–H groups in total. The molecule has 0 saturated carbocycles. The van der Waals surface area contributed by atoms with Gasteiger partial charge in [-0.2, -0.15) is 0 Å². The molecule has 1 aliphatic rings. The number of carbonyl (C=O) groups is 1. The van der Waals surface area contributed by atoms with E-state index >= 15 is 0 Å². The van der Waals surface area contributed by atoms with Crippen LogP contribution in [0.5, 0.6) is 0 Å². The Morgan fingerprint density at radius 3 is 2.85 bits per heavy atom. The fourth-order valence-electron chi connectivity index (χ4n) is 2.48. The maximum Gasteiger partial charge on any atom is 0.261 e. The number of hydrogen-bond donors (Lipinski definition) is 1. The minimum absolute atomic E-state index is 0.0182. The Hall–Kier alpha value is -2.07. The van der Waals surface area contributed by atoms with Crippen LogP contribution in [0.25, 0.3) is 0 Å². The van der Waals surface area contributed by atoms with Crippen molar-refractivity contribution in [2.75, 3.05) is 17.2 Å². The van der Waals surface area contributed by atoms with Crippen LogP contribution in [-0.2, 0) is 6.42 Å². The molecule has 0 aromatic heterocycles. The molecule has 0 fully saturated rings. The molecule has 0 aliphatic carbocycles. The molecule has 0 radical (unpaired) electrons. The fraction of sp³-hybridized carbons (Fsp3) is 0.133. The zero-order chi connectivity index (χ0) is 14.3. The number of halogens is 2. The summed E-state index contributed by atoms with van der Waals surface area (Å²) in [7, 11) is 0. The normalized spacial score (nSPS) is 13.4. The zero-order valence-electron chi connectivity index (χ0n) is 10.6. The van der Waals surface area contributed by atoms with Gasteiger partial charge in [0.15, 0.2) is 0 Å². The largest absolute Gasteiger partial charge is 0.398 e. The van der Waals surface area contributed by atoms with E-state index in [-0.39, 0.29) is 16.5 Å². The highest BCUT2D eigenvalue weighted by Gasteiger charge is 2.28. The second-order valence-electron chi connectivity index (χ2n) is 4.68. The lowest BCUT2D eigenvalue weighted by molar-refractivity contribution is 0.0985. The Bertz CT molecular complexity index is 702. The molecule has 0 saturated heterocycles. The molecule has 0 spiro atoms. The summed E-state index contributed by atoms with van der Waals surface area (Å²) in [6.45, 7) is 0.504. The molecule has 5 heteroatoms. The molecule has 2 aromatic carbocycles. The molecule has 0 atom stereocenters. The van der Waals surface area contributed by atoms with Crippen LogP contribution in [0.4, 0.5) is 15.8 Å². The zero-order valence-corrected chi connectivity index (χ0v) is 11.3. The van der Waals surface area contributed by atoms with E-state index < -0.39 is 5.82 Å². The number of benzene rings is 2. The van der Waals surface area contributed by atoms with Gasteiger partial charge in [-0.05, 0) is 36.8 Å². The summed E-state index contributed by atoms with van der Waals surface area (Å²) in [4.78, 5) is 14.0. The van der Waals surface area contributed by atoms with Crippen LogP contribution < -0.4 is 10.6 Å². The molecule has 2 aromatic rings. The average Bonchev–Trinajstić information content (AvgIpc) is 2.83. The van der Waals surface area contributed by atoms with Crippen molar-refractivity contribution in [3.63, 3.8) is 0 Å². The van der Waals surface area contributed by atoms with Crippen molar-refractivity contribution in [3.05, 3.63) is 58.4 Å². The Morgan fingerprint density at radius 2 is 2.10 bits per heavy atom. The quantitative estimate of drug-likeness (QED) is 0.819. The molecule has 0 unspecified atom stereocenters. The van der Waals surface area contributed by atoms with Crippen LogP contribution in [0.2, 0.25) is 5.02 Å². The average molecular weight is 291 g/mol. The van der Waals surface area contributed by atoms with E-state index in [9.17, 15) is 9.18 Å². The van der Waals surface area contributed by atoms with Crippen molar-refractivity contribution in [2.24, 2.45) is 0 Å². The molecular formula is C15H12ClFN2O. The van der Waals surface area contributed by atoms with Gasteiger partial charge in [0, 0.05) is 28.5 Å². The van der Waals surface area contributed by atoms with Crippen molar-refractivity contribution in [3.8, 4) is 0 Å². The SMILES string of the molecule is Nc1cccc2c1CCN2C(=O)c1ccc(Cl)cc1F. The predicted octanol–water partition coefficient (Wildman–Crippen LogP) is 3.26. The minimum atomic E-state index is -0.611. The number of nitrogen functional groups attached to an aromatic ring is 1. The van der Waals surface area contributed by atoms with Gasteiger partial charge in [-0.3, -0.25) is 4.79 Å². The Morgan fingerprint density at radius 1 is 1.30 bits per heavy atom. The van der Waals surface area contributed by atoms with Gasteiger partial charge in [0.2, 0.25) is 0 Å². The van der Waals surface area contributed by atoms with Gasteiger partial charge in [0.05, 0.1) is 5.56 Å². The van der Waals surface area contributed by atoms with Crippen molar-refractivity contribution >= 4 is 28.9 Å². The first-order valence-corrected chi connectivity index (χ1v) is 6.60. The third-order valence-corrected chi connectivity index (χ3v) is 3.71. The van der Waals surface area contributed by atoms with E-state index in [4.69, 9.17) is 17.3 Å². The lowest BCUT2D eigenvalue weighted by Crippen LogP contribution is -2.29. The molecule has 3 rings (SSSR count). The summed E-state index contributed by atoms with van der Waals surface area (Å²) in [6, 6.07) is 9.47. The second kappa shape index (κ2) is 4.80. The number of amides is 1. The van der Waals surface area contributed by atoms with E-state index in [1.807, 2.05) is 6.07 Å². The molecule has 0 bridgehead atoms. The van der Waals surface area contributed by atoms with Gasteiger partial charge in [-0.15, -0.1) is 0 Å². The van der Waals surface area contributed by atoms with Crippen molar-refractivity contribution in [1.29, 1.82) is 0 Å². The summed E-state index contributed by atoms with van der Waals surface area (Å²) in [6.07, 6.45) is 0.683. The van der Waals surface area contributed by atoms with Gasteiger partial charge >= 0.3 is 0 Å². The lowest BCUT2D eigenvalue weighted by Gasteiger charge is -2.18. The summed E-state index contributed by atoms with van der Waals surface area (Å²) in [5.41, 5.74) is 8.27. The first kappa shape index (κ1) is 12.9. The maximum absolute atomic E-state index is 13.9. The van der Waals surface area contributed by atoms with E-state index in [0.717, 1.165) is 17.3 Å². The van der Waals surface area contributed by atoms with Crippen LogP contribution in [0, 0.1) is 5.82 Å². The first-order valence-electron chi connectivity index (χ1n) is 6.22. The lowest BCUT2D eigenvalue weighted by atomic mass is 10.1. The number of rotatable bonds is 1. The second-order valence-corrected chi connectivity index (χ2v) is 5.11. The van der Waals surface area contributed by atoms with Gasteiger partial charge in [0.25, 0.3) is 5.91 Å². The topological polar surface area (TPSA) is 46.3 Å². The van der Waals surface area contributed by atoms with E-state index in [2.05, 4.69) is 0 Å². The number of hydrogen-bond acceptors (Lipinski definition) is 2. The standard InChI is InChI=1S/C15H12ClFN2O/c16-9-4-5-10(12(17)8-9)15(20)19-7-6-11-13(18)2-1-3-14(11)19/h1-5,8H,6-7,18H2. The maximum atomic E-state index is 13.9. The van der Waals surface area contributed by atoms with Gasteiger partial charge in [-0.1, -0.05) is 17.7 Å². The van der Waals surface area contributed by atoms with Crippen LogP contribution in [0.15, 0.2) is 36.4 Å².